The molecule has 0 aliphatic heterocycles. The fraction of sp³-hybridized carbons (Fsp3) is 0.500. The van der Waals surface area contributed by atoms with Gasteiger partial charge in [0.05, 0.1) is 0 Å². The van der Waals surface area contributed by atoms with Gasteiger partial charge in [0.1, 0.15) is 0 Å². The molecule has 0 saturated carbocycles. The summed E-state index contributed by atoms with van der Waals surface area (Å²) in [5.41, 5.74) is 4.03. The molecule has 4 heteroatoms. The highest BCUT2D eigenvalue weighted by Crippen LogP contribution is 2.12. The molecule has 1 aromatic rings. The van der Waals surface area contributed by atoms with Gasteiger partial charge in [0.2, 0.25) is 0 Å². The van der Waals surface area contributed by atoms with Gasteiger partial charge < -0.3 is 0 Å². The molecule has 1 heterocycles. The van der Waals surface area contributed by atoms with Gasteiger partial charge >= 0.3 is 0 Å². The number of nitrogens with two attached hydrogens (primary N) is 1. The second-order valence-corrected chi connectivity index (χ2v) is 4.28. The van der Waals surface area contributed by atoms with Crippen molar-refractivity contribution in [1.29, 1.82) is 0 Å². The first-order valence-corrected chi connectivity index (χ1v) is 5.61. The van der Waals surface area contributed by atoms with Crippen molar-refractivity contribution in [3.63, 3.8) is 0 Å². The average molecular weight is 258 g/mol. The van der Waals surface area contributed by atoms with Gasteiger partial charge in [0.15, 0.2) is 0 Å². The SMILES string of the molecule is CCCC(Cc1cncc(Br)c1)NN. The molecule has 0 bridgehead atoms. The summed E-state index contributed by atoms with van der Waals surface area (Å²) in [6, 6.07) is 2.42. The van der Waals surface area contributed by atoms with Gasteiger partial charge in [0, 0.05) is 22.9 Å². The molecule has 0 spiro atoms. The highest BCUT2D eigenvalue weighted by molar-refractivity contribution is 9.10. The van der Waals surface area contributed by atoms with Crippen LogP contribution in [0.1, 0.15) is 25.3 Å². The lowest BCUT2D eigenvalue weighted by Gasteiger charge is -2.14. The maximum atomic E-state index is 5.46. The van der Waals surface area contributed by atoms with E-state index in [2.05, 4.69) is 39.3 Å². The number of pyridine rings is 1. The van der Waals surface area contributed by atoms with Crippen LogP contribution in [-0.4, -0.2) is 11.0 Å². The van der Waals surface area contributed by atoms with Crippen molar-refractivity contribution in [3.8, 4) is 0 Å². The maximum absolute atomic E-state index is 5.46. The second-order valence-electron chi connectivity index (χ2n) is 3.37. The maximum Gasteiger partial charge on any atom is 0.0410 e. The molecule has 1 rings (SSSR count). The van der Waals surface area contributed by atoms with E-state index in [0.717, 1.165) is 23.7 Å². The van der Waals surface area contributed by atoms with Crippen LogP contribution in [0.5, 0.6) is 0 Å². The molecule has 14 heavy (non-hydrogen) atoms. The Bertz CT molecular complexity index is 278. The zero-order valence-electron chi connectivity index (χ0n) is 8.33. The van der Waals surface area contributed by atoms with Gasteiger partial charge in [-0.2, -0.15) is 0 Å². The van der Waals surface area contributed by atoms with Crippen molar-refractivity contribution in [2.24, 2.45) is 5.84 Å². The number of hydrogen-bond donors (Lipinski definition) is 2. The minimum Gasteiger partial charge on any atom is -0.271 e. The third kappa shape index (κ3) is 3.74. The van der Waals surface area contributed by atoms with E-state index in [1.807, 2.05) is 6.20 Å². The number of aromatic nitrogens is 1. The minimum absolute atomic E-state index is 0.344. The number of nitrogens with zero attached hydrogens (tertiary/aromatic N) is 1. The number of hydrazine groups is 1. The third-order valence-corrected chi connectivity index (χ3v) is 2.55. The van der Waals surface area contributed by atoms with E-state index >= 15 is 0 Å². The summed E-state index contributed by atoms with van der Waals surface area (Å²) in [6.07, 6.45) is 6.81. The standard InChI is InChI=1S/C10H16BrN3/c1-2-3-10(14-12)5-8-4-9(11)7-13-6-8/h4,6-7,10,14H,2-3,5,12H2,1H3. The molecular weight excluding hydrogens is 242 g/mol. The largest absolute Gasteiger partial charge is 0.271 e. The van der Waals surface area contributed by atoms with Crippen LogP contribution >= 0.6 is 15.9 Å². The first-order valence-electron chi connectivity index (χ1n) is 4.81. The molecule has 0 aromatic carbocycles. The Morgan fingerprint density at radius 1 is 1.57 bits per heavy atom. The van der Waals surface area contributed by atoms with E-state index in [4.69, 9.17) is 5.84 Å². The number of hydrogen-bond acceptors (Lipinski definition) is 3. The van der Waals surface area contributed by atoms with Crippen molar-refractivity contribution in [3.05, 3.63) is 28.5 Å². The summed E-state index contributed by atoms with van der Waals surface area (Å²) in [5, 5.41) is 0. The fourth-order valence-electron chi connectivity index (χ4n) is 1.44. The zero-order valence-corrected chi connectivity index (χ0v) is 9.92. The molecule has 3 N–H and O–H groups in total. The number of rotatable bonds is 5. The van der Waals surface area contributed by atoms with Crippen LogP contribution in [0.25, 0.3) is 0 Å². The quantitative estimate of drug-likeness (QED) is 0.627. The highest BCUT2D eigenvalue weighted by atomic mass is 79.9. The summed E-state index contributed by atoms with van der Waals surface area (Å²) in [5.74, 6) is 5.46. The fourth-order valence-corrected chi connectivity index (χ4v) is 1.86. The Hall–Kier alpha value is -0.450. The van der Waals surface area contributed by atoms with Crippen LogP contribution < -0.4 is 11.3 Å². The van der Waals surface area contributed by atoms with E-state index in [0.29, 0.717) is 6.04 Å². The molecule has 1 aromatic heterocycles. The van der Waals surface area contributed by atoms with Gasteiger partial charge in [-0.1, -0.05) is 13.3 Å². The van der Waals surface area contributed by atoms with Crippen LogP contribution in [0.2, 0.25) is 0 Å². The number of nitrogens with one attached hydrogen (secondary N) is 1. The van der Waals surface area contributed by atoms with Gasteiger partial charge in [0.25, 0.3) is 0 Å². The second kappa shape index (κ2) is 6.11. The molecule has 0 fully saturated rings. The van der Waals surface area contributed by atoms with Crippen molar-refractivity contribution in [2.75, 3.05) is 0 Å². The summed E-state index contributed by atoms with van der Waals surface area (Å²) in [4.78, 5) is 4.12. The Kier molecular flexibility index (Phi) is 5.07. The molecular formula is C10H16BrN3. The Morgan fingerprint density at radius 3 is 2.93 bits per heavy atom. The predicted molar refractivity (Wildman–Crippen MR) is 61.7 cm³/mol. The smallest absolute Gasteiger partial charge is 0.0410 e. The van der Waals surface area contributed by atoms with Crippen LogP contribution in [0.3, 0.4) is 0 Å². The van der Waals surface area contributed by atoms with Crippen molar-refractivity contribution >= 4 is 15.9 Å². The van der Waals surface area contributed by atoms with Crippen molar-refractivity contribution in [2.45, 2.75) is 32.2 Å². The molecule has 0 aliphatic rings. The monoisotopic (exact) mass is 257 g/mol. The lowest BCUT2D eigenvalue weighted by atomic mass is 10.0. The summed E-state index contributed by atoms with van der Waals surface area (Å²) < 4.78 is 1.02. The molecule has 1 atom stereocenters. The molecule has 0 radical (unpaired) electrons. The first-order chi connectivity index (χ1) is 6.76. The Morgan fingerprint density at radius 2 is 2.36 bits per heavy atom. The van der Waals surface area contributed by atoms with Crippen molar-refractivity contribution in [1.82, 2.24) is 10.4 Å². The van der Waals surface area contributed by atoms with Gasteiger partial charge in [-0.25, -0.2) is 0 Å². The Balaban J connectivity index is 2.57. The van der Waals surface area contributed by atoms with Gasteiger partial charge in [-0.05, 0) is 40.4 Å². The molecule has 78 valence electrons. The summed E-state index contributed by atoms with van der Waals surface area (Å²) in [6.45, 7) is 2.16. The van der Waals surface area contributed by atoms with E-state index in [1.165, 1.54) is 5.56 Å². The molecule has 0 aliphatic carbocycles. The summed E-state index contributed by atoms with van der Waals surface area (Å²) in [7, 11) is 0. The van der Waals surface area contributed by atoms with Gasteiger partial charge in [-0.3, -0.25) is 16.3 Å². The summed E-state index contributed by atoms with van der Waals surface area (Å²) >= 11 is 3.40. The van der Waals surface area contributed by atoms with Crippen LogP contribution in [0.4, 0.5) is 0 Å². The van der Waals surface area contributed by atoms with Crippen molar-refractivity contribution < 1.29 is 0 Å². The predicted octanol–water partition coefficient (Wildman–Crippen LogP) is 2.02. The normalized spacial score (nSPS) is 12.8. The minimum atomic E-state index is 0.344. The van der Waals surface area contributed by atoms with E-state index in [-0.39, 0.29) is 0 Å². The average Bonchev–Trinajstić information content (AvgIpc) is 2.17. The molecule has 0 saturated heterocycles. The molecule has 1 unspecified atom stereocenters. The lowest BCUT2D eigenvalue weighted by Crippen LogP contribution is -2.36. The lowest BCUT2D eigenvalue weighted by molar-refractivity contribution is 0.485. The molecule has 0 amide bonds. The zero-order chi connectivity index (χ0) is 10.4. The van der Waals surface area contributed by atoms with E-state index < -0.39 is 0 Å². The van der Waals surface area contributed by atoms with Crippen LogP contribution in [0.15, 0.2) is 22.9 Å². The van der Waals surface area contributed by atoms with Crippen LogP contribution in [-0.2, 0) is 6.42 Å². The highest BCUT2D eigenvalue weighted by Gasteiger charge is 2.06. The van der Waals surface area contributed by atoms with Gasteiger partial charge in [-0.15, -0.1) is 0 Å². The first kappa shape index (κ1) is 11.6. The topological polar surface area (TPSA) is 50.9 Å². The van der Waals surface area contributed by atoms with E-state index in [1.54, 1.807) is 6.20 Å². The number of halogens is 1. The third-order valence-electron chi connectivity index (χ3n) is 2.12. The van der Waals surface area contributed by atoms with E-state index in [9.17, 15) is 0 Å². The molecule has 3 nitrogen and oxygen atoms in total. The van der Waals surface area contributed by atoms with Crippen LogP contribution in [0, 0.1) is 0 Å². The Labute approximate surface area is 93.2 Å².